The number of amides is 1. The van der Waals surface area contributed by atoms with Gasteiger partial charge in [0, 0.05) is 29.9 Å². The van der Waals surface area contributed by atoms with Crippen molar-refractivity contribution in [2.45, 2.75) is 53.0 Å². The van der Waals surface area contributed by atoms with Crippen LogP contribution in [0.5, 0.6) is 0 Å². The van der Waals surface area contributed by atoms with Crippen LogP contribution in [0.4, 0.5) is 5.69 Å². The van der Waals surface area contributed by atoms with E-state index in [1.165, 1.54) is 6.42 Å². The molecule has 2 aromatic heterocycles. The van der Waals surface area contributed by atoms with Gasteiger partial charge in [0.05, 0.1) is 12.2 Å². The average molecular weight is 422 g/mol. The molecule has 3 heterocycles. The van der Waals surface area contributed by atoms with Crippen molar-refractivity contribution in [2.75, 3.05) is 11.9 Å². The second-order valence-corrected chi connectivity index (χ2v) is 7.78. The third-order valence-electron chi connectivity index (χ3n) is 5.65. The topological polar surface area (TPSA) is 102 Å². The minimum atomic E-state index is -0.459. The van der Waals surface area contributed by atoms with E-state index in [0.717, 1.165) is 43.0 Å². The fourth-order valence-electron chi connectivity index (χ4n) is 4.09. The van der Waals surface area contributed by atoms with Crippen LogP contribution in [0.25, 0.3) is 11.4 Å². The monoisotopic (exact) mass is 421 g/mol. The Bertz CT molecular complexity index is 1110. The van der Waals surface area contributed by atoms with E-state index in [1.54, 1.807) is 20.8 Å². The van der Waals surface area contributed by atoms with Gasteiger partial charge in [-0.3, -0.25) is 4.79 Å². The molecule has 0 radical (unpaired) electrons. The Kier molecular flexibility index (Phi) is 5.88. The first-order valence-corrected chi connectivity index (χ1v) is 10.7. The van der Waals surface area contributed by atoms with E-state index in [1.807, 2.05) is 24.3 Å². The van der Waals surface area contributed by atoms with Crippen LogP contribution in [0.3, 0.4) is 0 Å². The third kappa shape index (κ3) is 4.10. The molecule has 0 atom stereocenters. The van der Waals surface area contributed by atoms with Crippen LogP contribution < -0.4 is 5.32 Å². The van der Waals surface area contributed by atoms with Gasteiger partial charge in [0.2, 0.25) is 0 Å². The number of fused-ring (bicyclic) bond motifs is 1. The number of hydrogen-bond donors (Lipinski definition) is 2. The lowest BCUT2D eigenvalue weighted by Gasteiger charge is -2.09. The van der Waals surface area contributed by atoms with Crippen molar-refractivity contribution < 1.29 is 14.3 Å². The van der Waals surface area contributed by atoms with Gasteiger partial charge in [-0.05, 0) is 63.4 Å². The number of anilines is 1. The Morgan fingerprint density at radius 2 is 1.90 bits per heavy atom. The predicted molar refractivity (Wildman–Crippen MR) is 117 cm³/mol. The molecule has 1 aliphatic rings. The maximum Gasteiger partial charge on any atom is 0.355 e. The van der Waals surface area contributed by atoms with Crippen molar-refractivity contribution in [3.05, 3.63) is 52.6 Å². The van der Waals surface area contributed by atoms with Crippen LogP contribution in [-0.4, -0.2) is 38.2 Å². The summed E-state index contributed by atoms with van der Waals surface area (Å²) in [6, 6.07) is 7.60. The van der Waals surface area contributed by atoms with Crippen molar-refractivity contribution in [3.63, 3.8) is 0 Å². The molecule has 0 saturated heterocycles. The molecule has 0 saturated carbocycles. The van der Waals surface area contributed by atoms with E-state index < -0.39 is 5.97 Å². The molecule has 8 nitrogen and oxygen atoms in total. The fraction of sp³-hybridized carbons (Fsp3) is 0.391. The number of hydrogen-bond acceptors (Lipinski definition) is 5. The van der Waals surface area contributed by atoms with E-state index in [0.29, 0.717) is 28.2 Å². The van der Waals surface area contributed by atoms with E-state index in [9.17, 15) is 9.59 Å². The molecule has 0 fully saturated rings. The van der Waals surface area contributed by atoms with E-state index in [-0.39, 0.29) is 12.5 Å². The number of benzene rings is 1. The number of H-pyrrole nitrogens is 1. The highest BCUT2D eigenvalue weighted by Crippen LogP contribution is 2.25. The van der Waals surface area contributed by atoms with Crippen molar-refractivity contribution in [3.8, 4) is 11.4 Å². The number of aryl methyl sites for hydroxylation is 2. The summed E-state index contributed by atoms with van der Waals surface area (Å²) in [7, 11) is 0. The van der Waals surface area contributed by atoms with Crippen LogP contribution in [0, 0.1) is 13.8 Å². The number of nitrogens with one attached hydrogen (secondary N) is 2. The highest BCUT2D eigenvalue weighted by molar-refractivity contribution is 6.08. The maximum atomic E-state index is 12.9. The van der Waals surface area contributed by atoms with Gasteiger partial charge in [-0.25, -0.2) is 4.79 Å². The molecule has 162 valence electrons. The fourth-order valence-corrected chi connectivity index (χ4v) is 4.09. The Balaban J connectivity index is 1.52. The largest absolute Gasteiger partial charge is 0.461 e. The van der Waals surface area contributed by atoms with Gasteiger partial charge in [-0.15, -0.1) is 10.2 Å². The smallest absolute Gasteiger partial charge is 0.355 e. The first kappa shape index (κ1) is 20.8. The van der Waals surface area contributed by atoms with Crippen LogP contribution in [0.2, 0.25) is 0 Å². The molecule has 1 aliphatic heterocycles. The number of aromatic nitrogens is 4. The number of aromatic amines is 1. The second kappa shape index (κ2) is 8.75. The molecule has 1 amide bonds. The summed E-state index contributed by atoms with van der Waals surface area (Å²) in [5.41, 5.74) is 3.61. The average Bonchev–Trinajstić information content (AvgIpc) is 3.19. The van der Waals surface area contributed by atoms with Gasteiger partial charge in [0.25, 0.3) is 5.91 Å². The van der Waals surface area contributed by atoms with Gasteiger partial charge in [-0.2, -0.15) is 0 Å². The number of carbonyl (C=O) groups excluding carboxylic acids is 2. The minimum Gasteiger partial charge on any atom is -0.461 e. The first-order valence-electron chi connectivity index (χ1n) is 10.7. The Morgan fingerprint density at radius 1 is 1.13 bits per heavy atom. The summed E-state index contributed by atoms with van der Waals surface area (Å²) in [5, 5.41) is 11.7. The van der Waals surface area contributed by atoms with Crippen LogP contribution in [0.15, 0.2) is 24.3 Å². The van der Waals surface area contributed by atoms with Crippen molar-refractivity contribution >= 4 is 17.6 Å². The summed E-state index contributed by atoms with van der Waals surface area (Å²) in [5.74, 6) is 1.18. The molecule has 0 bridgehead atoms. The normalized spacial score (nSPS) is 13.4. The zero-order valence-electron chi connectivity index (χ0n) is 18.1. The molecule has 1 aromatic carbocycles. The van der Waals surface area contributed by atoms with Gasteiger partial charge < -0.3 is 19.6 Å². The molecule has 8 heteroatoms. The van der Waals surface area contributed by atoms with E-state index in [4.69, 9.17) is 4.74 Å². The third-order valence-corrected chi connectivity index (χ3v) is 5.65. The standard InChI is InChI=1S/C23H27N5O3/c1-4-31-23(30)20-14(2)19(15(3)24-20)22(29)25-17-11-9-16(10-12-17)21-27-26-18-8-6-5-7-13-28(18)21/h9-12,24H,4-8,13H2,1-3H3,(H,25,29). The Hall–Kier alpha value is -3.42. The summed E-state index contributed by atoms with van der Waals surface area (Å²) < 4.78 is 7.25. The lowest BCUT2D eigenvalue weighted by Crippen LogP contribution is -2.14. The summed E-state index contributed by atoms with van der Waals surface area (Å²) >= 11 is 0. The number of nitrogens with zero attached hydrogens (tertiary/aromatic N) is 3. The van der Waals surface area contributed by atoms with Crippen molar-refractivity contribution in [1.82, 2.24) is 19.7 Å². The SMILES string of the molecule is CCOC(=O)c1[nH]c(C)c(C(=O)Nc2ccc(-c3nnc4n3CCCCC4)cc2)c1C. The van der Waals surface area contributed by atoms with Crippen LogP contribution in [-0.2, 0) is 17.7 Å². The number of ether oxygens (including phenoxy) is 1. The minimum absolute atomic E-state index is 0.272. The molecule has 31 heavy (non-hydrogen) atoms. The molecule has 0 aliphatic carbocycles. The first-order chi connectivity index (χ1) is 15.0. The summed E-state index contributed by atoms with van der Waals surface area (Å²) in [6.07, 6.45) is 4.46. The highest BCUT2D eigenvalue weighted by atomic mass is 16.5. The zero-order valence-corrected chi connectivity index (χ0v) is 18.1. The molecule has 3 aromatic rings. The molecular formula is C23H27N5O3. The molecular weight excluding hydrogens is 394 g/mol. The van der Waals surface area contributed by atoms with Crippen LogP contribution >= 0.6 is 0 Å². The highest BCUT2D eigenvalue weighted by Gasteiger charge is 2.23. The van der Waals surface area contributed by atoms with E-state index in [2.05, 4.69) is 25.1 Å². The van der Waals surface area contributed by atoms with Crippen molar-refractivity contribution in [1.29, 1.82) is 0 Å². The number of esters is 1. The molecule has 4 rings (SSSR count). The van der Waals surface area contributed by atoms with Gasteiger partial charge >= 0.3 is 5.97 Å². The zero-order chi connectivity index (χ0) is 22.0. The Morgan fingerprint density at radius 3 is 2.65 bits per heavy atom. The lowest BCUT2D eigenvalue weighted by molar-refractivity contribution is 0.0519. The maximum absolute atomic E-state index is 12.9. The van der Waals surface area contributed by atoms with Gasteiger partial charge in [0.1, 0.15) is 11.5 Å². The molecule has 0 unspecified atom stereocenters. The van der Waals surface area contributed by atoms with Crippen LogP contribution in [0.1, 0.15) is 64.1 Å². The lowest BCUT2D eigenvalue weighted by atomic mass is 10.1. The number of carbonyl (C=O) groups is 2. The Labute approximate surface area is 181 Å². The van der Waals surface area contributed by atoms with Gasteiger partial charge in [-0.1, -0.05) is 6.42 Å². The van der Waals surface area contributed by atoms with E-state index >= 15 is 0 Å². The summed E-state index contributed by atoms with van der Waals surface area (Å²) in [4.78, 5) is 27.9. The van der Waals surface area contributed by atoms with Crippen molar-refractivity contribution in [2.24, 2.45) is 0 Å². The van der Waals surface area contributed by atoms with Gasteiger partial charge in [0.15, 0.2) is 5.82 Å². The predicted octanol–water partition coefficient (Wildman–Crippen LogP) is 4.05. The molecule has 0 spiro atoms. The molecule has 2 N–H and O–H groups in total. The summed E-state index contributed by atoms with van der Waals surface area (Å²) in [6.45, 7) is 6.47. The second-order valence-electron chi connectivity index (χ2n) is 7.78. The quantitative estimate of drug-likeness (QED) is 0.605. The number of rotatable bonds is 5.